The topological polar surface area (TPSA) is 131 Å². The third-order valence-corrected chi connectivity index (χ3v) is 6.28. The van der Waals surface area contributed by atoms with Crippen molar-refractivity contribution in [1.82, 2.24) is 9.97 Å². The van der Waals surface area contributed by atoms with Gasteiger partial charge in [0.15, 0.2) is 23.9 Å². The van der Waals surface area contributed by atoms with E-state index >= 15 is 0 Å². The monoisotopic (exact) mass is 474 g/mol. The highest BCUT2D eigenvalue weighted by atomic mass is 32.2. The fourth-order valence-corrected chi connectivity index (χ4v) is 4.71. The van der Waals surface area contributed by atoms with Crippen LogP contribution in [0, 0.1) is 0 Å². The highest BCUT2D eigenvalue weighted by molar-refractivity contribution is 7.85. The van der Waals surface area contributed by atoms with Gasteiger partial charge in [0, 0.05) is 37.8 Å². The summed E-state index contributed by atoms with van der Waals surface area (Å²) in [4.78, 5) is 44.9. The van der Waals surface area contributed by atoms with E-state index in [1.54, 1.807) is 13.0 Å². The average Bonchev–Trinajstić information content (AvgIpc) is 2.84. The number of ether oxygens (including phenoxy) is 4. The molecule has 1 aromatic heterocycles. The van der Waals surface area contributed by atoms with Gasteiger partial charge in [-0.2, -0.15) is 0 Å². The first-order valence-corrected chi connectivity index (χ1v) is 11.0. The summed E-state index contributed by atoms with van der Waals surface area (Å²) < 4.78 is 35.5. The van der Waals surface area contributed by atoms with Crippen LogP contribution in [0.3, 0.4) is 0 Å². The minimum absolute atomic E-state index is 0.0171. The van der Waals surface area contributed by atoms with Crippen molar-refractivity contribution in [3.8, 4) is 0 Å². The molecule has 0 saturated carbocycles. The van der Waals surface area contributed by atoms with E-state index in [-0.39, 0.29) is 39.0 Å². The lowest BCUT2D eigenvalue weighted by molar-refractivity contribution is -0.180. The Morgan fingerprint density at radius 1 is 1.24 bits per heavy atom. The molecule has 0 bridgehead atoms. The van der Waals surface area contributed by atoms with Crippen molar-refractivity contribution in [3.05, 3.63) is 53.7 Å². The number of carbonyl (C=O) groups is 3. The smallest absolute Gasteiger partial charge is 0.308 e. The molecule has 3 atom stereocenters. The van der Waals surface area contributed by atoms with E-state index in [0.29, 0.717) is 6.29 Å². The van der Waals surface area contributed by atoms with E-state index < -0.39 is 34.4 Å². The van der Waals surface area contributed by atoms with Crippen LogP contribution in [0.5, 0.6) is 0 Å². The Morgan fingerprint density at radius 3 is 2.55 bits per heavy atom. The molecule has 174 valence electrons. The number of carbonyl (C=O) groups excluding carboxylic acids is 3. The maximum absolute atomic E-state index is 13.5. The van der Waals surface area contributed by atoms with Crippen LogP contribution in [0.1, 0.15) is 31.4 Å². The summed E-state index contributed by atoms with van der Waals surface area (Å²) in [6.07, 6.45) is 1.80. The van der Waals surface area contributed by atoms with Crippen molar-refractivity contribution in [2.45, 2.75) is 41.9 Å². The Bertz CT molecular complexity index is 1130. The van der Waals surface area contributed by atoms with E-state index in [1.807, 2.05) is 0 Å². The van der Waals surface area contributed by atoms with Crippen LogP contribution in [0.4, 0.5) is 0 Å². The SMILES string of the molecule is CCC(=O)OC1(C=O)c2cccc(S(=O)c3ccncn3)c2C(OC(C)=O)=C(OC)C1OC. The van der Waals surface area contributed by atoms with E-state index in [9.17, 15) is 18.6 Å². The van der Waals surface area contributed by atoms with Crippen molar-refractivity contribution in [2.24, 2.45) is 0 Å². The molecular formula is C22H22N2O8S. The summed E-state index contributed by atoms with van der Waals surface area (Å²) >= 11 is 0. The van der Waals surface area contributed by atoms with E-state index in [2.05, 4.69) is 9.97 Å². The largest absolute Gasteiger partial charge is 0.494 e. The van der Waals surface area contributed by atoms with Crippen LogP contribution in [-0.2, 0) is 49.7 Å². The van der Waals surface area contributed by atoms with Crippen LogP contribution in [0.15, 0.2) is 52.5 Å². The lowest BCUT2D eigenvalue weighted by atomic mass is 9.79. The molecular weight excluding hydrogens is 452 g/mol. The normalized spacial score (nSPS) is 20.4. The number of benzene rings is 1. The number of methoxy groups -OCH3 is 2. The van der Waals surface area contributed by atoms with Gasteiger partial charge in [-0.3, -0.25) is 14.4 Å². The fourth-order valence-electron chi connectivity index (χ4n) is 3.57. The average molecular weight is 474 g/mol. The second kappa shape index (κ2) is 10.0. The zero-order valence-electron chi connectivity index (χ0n) is 18.4. The molecule has 10 nitrogen and oxygen atoms in total. The summed E-state index contributed by atoms with van der Waals surface area (Å²) in [6.45, 7) is 2.76. The zero-order chi connectivity index (χ0) is 24.2. The standard InChI is InChI=1S/C22H22N2O8S/c1-5-17(27)32-22(11-25)14-7-6-8-15(33(28)16-9-10-23-12-24-16)18(14)19(31-13(2)26)20(29-3)21(22)30-4/h6-12,21H,5H2,1-4H3. The van der Waals surface area contributed by atoms with Crippen LogP contribution in [-0.4, -0.2) is 52.7 Å². The molecule has 0 radical (unpaired) electrons. The first-order valence-electron chi connectivity index (χ1n) is 9.83. The minimum atomic E-state index is -1.99. The fraction of sp³-hybridized carbons (Fsp3) is 0.318. The molecule has 3 rings (SSSR count). The number of hydrogen-bond acceptors (Lipinski definition) is 10. The predicted octanol–water partition coefficient (Wildman–Crippen LogP) is 1.90. The van der Waals surface area contributed by atoms with E-state index in [1.165, 1.54) is 51.9 Å². The minimum Gasteiger partial charge on any atom is -0.494 e. The second-order valence-corrected chi connectivity index (χ2v) is 8.24. The molecule has 0 fully saturated rings. The number of aromatic nitrogens is 2. The van der Waals surface area contributed by atoms with Crippen molar-refractivity contribution >= 4 is 34.8 Å². The van der Waals surface area contributed by atoms with Crippen LogP contribution >= 0.6 is 0 Å². The van der Waals surface area contributed by atoms with Crippen molar-refractivity contribution < 1.29 is 37.5 Å². The Labute approximate surface area is 192 Å². The molecule has 1 aliphatic carbocycles. The predicted molar refractivity (Wildman–Crippen MR) is 114 cm³/mol. The number of hydrogen-bond donors (Lipinski definition) is 0. The molecule has 2 aromatic rings. The molecule has 33 heavy (non-hydrogen) atoms. The maximum Gasteiger partial charge on any atom is 0.308 e. The quantitative estimate of drug-likeness (QED) is 0.317. The lowest BCUT2D eigenvalue weighted by Crippen LogP contribution is -2.50. The maximum atomic E-state index is 13.5. The van der Waals surface area contributed by atoms with Crippen LogP contribution < -0.4 is 0 Å². The summed E-state index contributed by atoms with van der Waals surface area (Å²) in [7, 11) is 0.700. The van der Waals surface area contributed by atoms with Gasteiger partial charge in [0.1, 0.15) is 22.2 Å². The third kappa shape index (κ3) is 4.29. The Balaban J connectivity index is 2.41. The van der Waals surface area contributed by atoms with E-state index in [0.717, 1.165) is 0 Å². The first kappa shape index (κ1) is 24.2. The van der Waals surface area contributed by atoms with Gasteiger partial charge in [-0.25, -0.2) is 14.2 Å². The molecule has 0 saturated heterocycles. The highest BCUT2D eigenvalue weighted by Gasteiger charge is 2.55. The van der Waals surface area contributed by atoms with Crippen molar-refractivity contribution in [2.75, 3.05) is 14.2 Å². The molecule has 0 spiro atoms. The van der Waals surface area contributed by atoms with Crippen molar-refractivity contribution in [1.29, 1.82) is 0 Å². The Kier molecular flexibility index (Phi) is 7.34. The number of nitrogens with zero attached hydrogens (tertiary/aromatic N) is 2. The summed E-state index contributed by atoms with van der Waals surface area (Å²) in [6, 6.07) is 6.04. The van der Waals surface area contributed by atoms with Crippen molar-refractivity contribution in [3.63, 3.8) is 0 Å². The summed E-state index contributed by atoms with van der Waals surface area (Å²) in [5, 5.41) is 0.177. The highest BCUT2D eigenvalue weighted by Crippen LogP contribution is 2.47. The number of aldehydes is 1. The Morgan fingerprint density at radius 2 is 2.00 bits per heavy atom. The molecule has 0 amide bonds. The number of fused-ring (bicyclic) bond motifs is 1. The number of rotatable bonds is 8. The molecule has 3 unspecified atom stereocenters. The van der Waals surface area contributed by atoms with Gasteiger partial charge < -0.3 is 18.9 Å². The zero-order valence-corrected chi connectivity index (χ0v) is 19.2. The Hall–Kier alpha value is -3.44. The van der Waals surface area contributed by atoms with Gasteiger partial charge in [-0.05, 0) is 12.1 Å². The molecule has 0 N–H and O–H groups in total. The van der Waals surface area contributed by atoms with Crippen LogP contribution in [0.2, 0.25) is 0 Å². The van der Waals surface area contributed by atoms with Crippen LogP contribution in [0.25, 0.3) is 5.76 Å². The van der Waals surface area contributed by atoms with Gasteiger partial charge in [-0.15, -0.1) is 0 Å². The third-order valence-electron chi connectivity index (χ3n) is 4.92. The van der Waals surface area contributed by atoms with Gasteiger partial charge in [0.25, 0.3) is 0 Å². The molecule has 0 aliphatic heterocycles. The molecule has 1 aromatic carbocycles. The lowest BCUT2D eigenvalue weighted by Gasteiger charge is -2.40. The molecule has 1 heterocycles. The van der Waals surface area contributed by atoms with Gasteiger partial charge in [0.2, 0.25) is 5.60 Å². The van der Waals surface area contributed by atoms with E-state index in [4.69, 9.17) is 18.9 Å². The van der Waals surface area contributed by atoms with Gasteiger partial charge in [0.05, 0.1) is 12.0 Å². The molecule has 1 aliphatic rings. The number of esters is 2. The van der Waals surface area contributed by atoms with Gasteiger partial charge in [-0.1, -0.05) is 19.1 Å². The van der Waals surface area contributed by atoms with Gasteiger partial charge >= 0.3 is 11.9 Å². The summed E-state index contributed by atoms with van der Waals surface area (Å²) in [5.74, 6) is -1.55. The molecule has 11 heteroatoms. The second-order valence-electron chi connectivity index (χ2n) is 6.84. The first-order chi connectivity index (χ1) is 15.8. The summed E-state index contributed by atoms with van der Waals surface area (Å²) in [5.41, 5.74) is -1.76.